The second-order valence-electron chi connectivity index (χ2n) is 6.18. The van der Waals surface area contributed by atoms with Crippen molar-refractivity contribution in [1.29, 1.82) is 0 Å². The fourth-order valence-electron chi connectivity index (χ4n) is 2.61. The Morgan fingerprint density at radius 1 is 0.810 bits per heavy atom. The van der Waals surface area contributed by atoms with E-state index in [0.717, 1.165) is 19.1 Å². The summed E-state index contributed by atoms with van der Waals surface area (Å²) in [4.78, 5) is 0. The number of hydrogen-bond donors (Lipinski definition) is 3. The number of rotatable bonds is 15. The maximum absolute atomic E-state index is 9.54. The summed E-state index contributed by atoms with van der Waals surface area (Å²) in [5.74, 6) is 0. The molecule has 126 valence electrons. The molecule has 21 heavy (non-hydrogen) atoms. The van der Waals surface area contributed by atoms with Crippen molar-refractivity contribution in [2.24, 2.45) is 5.73 Å². The van der Waals surface area contributed by atoms with Crippen molar-refractivity contribution in [3.8, 4) is 0 Å². The van der Waals surface area contributed by atoms with Crippen molar-refractivity contribution in [2.75, 3.05) is 0 Å². The first kappa shape index (κ1) is 20.3. The smallest absolute Gasteiger partial charge is 0.101 e. The zero-order valence-electron chi connectivity index (χ0n) is 14.0. The molecule has 0 aromatic carbocycles. The summed E-state index contributed by atoms with van der Waals surface area (Å²) in [5, 5.41) is 18.2. The summed E-state index contributed by atoms with van der Waals surface area (Å²) in [6, 6.07) is 0. The molecule has 0 aliphatic rings. The van der Waals surface area contributed by atoms with Gasteiger partial charge < -0.3 is 15.9 Å². The molecule has 3 heteroatoms. The first-order chi connectivity index (χ1) is 10.2. The third-order valence-corrected chi connectivity index (χ3v) is 4.11. The van der Waals surface area contributed by atoms with E-state index in [2.05, 4.69) is 6.92 Å². The number of hydrogen-bond acceptors (Lipinski definition) is 3. The van der Waals surface area contributed by atoms with Crippen LogP contribution < -0.4 is 5.73 Å². The fourth-order valence-corrected chi connectivity index (χ4v) is 2.61. The van der Waals surface area contributed by atoms with Gasteiger partial charge in [-0.05, 0) is 6.42 Å². The normalized spacial score (nSPS) is 13.5. The largest absolute Gasteiger partial charge is 0.514 e. The Bertz CT molecular complexity index is 241. The molecule has 0 saturated heterocycles. The van der Waals surface area contributed by atoms with Gasteiger partial charge in [0.25, 0.3) is 0 Å². The number of aliphatic hydroxyl groups is 2. The SMILES string of the molecule is CCCCCCCCCCCCCCCC(O)C(N)=CO. The van der Waals surface area contributed by atoms with Gasteiger partial charge in [0.1, 0.15) is 6.26 Å². The molecule has 4 N–H and O–H groups in total. The molecule has 0 aromatic rings. The highest BCUT2D eigenvalue weighted by atomic mass is 16.3. The molecule has 0 spiro atoms. The van der Waals surface area contributed by atoms with E-state index < -0.39 is 6.10 Å². The van der Waals surface area contributed by atoms with Gasteiger partial charge in [-0.1, -0.05) is 90.4 Å². The minimum atomic E-state index is -0.678. The topological polar surface area (TPSA) is 66.5 Å². The highest BCUT2D eigenvalue weighted by Gasteiger charge is 2.06. The predicted molar refractivity (Wildman–Crippen MR) is 91.2 cm³/mol. The number of nitrogens with two attached hydrogens (primary N) is 1. The number of unbranched alkanes of at least 4 members (excludes halogenated alkanes) is 12. The van der Waals surface area contributed by atoms with Crippen LogP contribution in [0.4, 0.5) is 0 Å². The summed E-state index contributed by atoms with van der Waals surface area (Å²) in [6.45, 7) is 2.26. The first-order valence-electron chi connectivity index (χ1n) is 9.00. The van der Waals surface area contributed by atoms with Gasteiger partial charge >= 0.3 is 0 Å². The molecular weight excluding hydrogens is 262 g/mol. The third kappa shape index (κ3) is 14.0. The van der Waals surface area contributed by atoms with Gasteiger partial charge in [-0.25, -0.2) is 0 Å². The molecule has 0 aliphatic carbocycles. The van der Waals surface area contributed by atoms with Gasteiger partial charge in [-0.2, -0.15) is 0 Å². The van der Waals surface area contributed by atoms with Gasteiger partial charge in [-0.15, -0.1) is 0 Å². The maximum atomic E-state index is 9.54. The van der Waals surface area contributed by atoms with Crippen molar-refractivity contribution >= 4 is 0 Å². The molecule has 0 fully saturated rings. The van der Waals surface area contributed by atoms with E-state index in [1.165, 1.54) is 70.6 Å². The lowest BCUT2D eigenvalue weighted by Crippen LogP contribution is -2.17. The minimum absolute atomic E-state index is 0.175. The van der Waals surface area contributed by atoms with Gasteiger partial charge in [0.2, 0.25) is 0 Å². The quantitative estimate of drug-likeness (QED) is 0.288. The van der Waals surface area contributed by atoms with Crippen molar-refractivity contribution in [1.82, 2.24) is 0 Å². The summed E-state index contributed by atoms with van der Waals surface area (Å²) in [6.07, 6.45) is 17.9. The fraction of sp³-hybridized carbons (Fsp3) is 0.889. The standard InChI is InChI=1S/C18H37NO2/c1-2-3-4-5-6-7-8-9-10-11-12-13-14-15-18(21)17(19)16-20/h16,18,20-21H,2-15,19H2,1H3. The molecule has 1 unspecified atom stereocenters. The first-order valence-corrected chi connectivity index (χ1v) is 9.00. The van der Waals surface area contributed by atoms with Crippen LogP contribution in [0, 0.1) is 0 Å². The zero-order valence-corrected chi connectivity index (χ0v) is 14.0. The highest BCUT2D eigenvalue weighted by molar-refractivity contribution is 4.97. The average molecular weight is 299 g/mol. The molecule has 0 amide bonds. The Kier molecular flexibility index (Phi) is 15.2. The van der Waals surface area contributed by atoms with E-state index in [0.29, 0.717) is 6.42 Å². The van der Waals surface area contributed by atoms with E-state index in [1.54, 1.807) is 0 Å². The minimum Gasteiger partial charge on any atom is -0.514 e. The predicted octanol–water partition coefficient (Wildman–Crippen LogP) is 5.19. The van der Waals surface area contributed by atoms with Crippen LogP contribution in [0.25, 0.3) is 0 Å². The van der Waals surface area contributed by atoms with Crippen molar-refractivity contribution in [3.63, 3.8) is 0 Å². The van der Waals surface area contributed by atoms with Crippen LogP contribution in [0.5, 0.6) is 0 Å². The van der Waals surface area contributed by atoms with Crippen LogP contribution in [-0.2, 0) is 0 Å². The summed E-state index contributed by atoms with van der Waals surface area (Å²) in [5.41, 5.74) is 5.60. The van der Waals surface area contributed by atoms with Gasteiger partial charge in [-0.3, -0.25) is 0 Å². The summed E-state index contributed by atoms with van der Waals surface area (Å²) in [7, 11) is 0. The second-order valence-corrected chi connectivity index (χ2v) is 6.18. The molecule has 0 bridgehead atoms. The van der Waals surface area contributed by atoms with Crippen LogP contribution in [-0.4, -0.2) is 16.3 Å². The van der Waals surface area contributed by atoms with Crippen molar-refractivity contribution < 1.29 is 10.2 Å². The molecule has 0 saturated carbocycles. The van der Waals surface area contributed by atoms with Crippen LogP contribution in [0.15, 0.2) is 12.0 Å². The van der Waals surface area contributed by atoms with Crippen molar-refractivity contribution in [3.05, 3.63) is 12.0 Å². The Labute approximate surface area is 131 Å². The zero-order chi connectivity index (χ0) is 15.8. The van der Waals surface area contributed by atoms with Gasteiger partial charge in [0.05, 0.1) is 11.8 Å². The lowest BCUT2D eigenvalue weighted by Gasteiger charge is -2.09. The van der Waals surface area contributed by atoms with Crippen LogP contribution in [0.2, 0.25) is 0 Å². The Balaban J connectivity index is 3.12. The molecule has 0 aliphatic heterocycles. The molecule has 3 nitrogen and oxygen atoms in total. The Morgan fingerprint density at radius 2 is 1.19 bits per heavy atom. The molecule has 0 radical (unpaired) electrons. The van der Waals surface area contributed by atoms with Gasteiger partial charge in [0.15, 0.2) is 0 Å². The summed E-state index contributed by atoms with van der Waals surface area (Å²) >= 11 is 0. The lowest BCUT2D eigenvalue weighted by molar-refractivity contribution is 0.190. The maximum Gasteiger partial charge on any atom is 0.101 e. The molecular formula is C18H37NO2. The lowest BCUT2D eigenvalue weighted by atomic mass is 10.0. The number of aliphatic hydroxyl groups excluding tert-OH is 2. The van der Waals surface area contributed by atoms with Gasteiger partial charge in [0, 0.05) is 0 Å². The Morgan fingerprint density at radius 3 is 1.57 bits per heavy atom. The molecule has 0 rings (SSSR count). The van der Waals surface area contributed by atoms with E-state index in [9.17, 15) is 5.11 Å². The highest BCUT2D eigenvalue weighted by Crippen LogP contribution is 2.14. The van der Waals surface area contributed by atoms with E-state index in [1.807, 2.05) is 0 Å². The van der Waals surface area contributed by atoms with E-state index in [4.69, 9.17) is 10.8 Å². The molecule has 0 heterocycles. The Hall–Kier alpha value is -0.700. The molecule has 0 aromatic heterocycles. The second kappa shape index (κ2) is 15.7. The van der Waals surface area contributed by atoms with Crippen LogP contribution >= 0.6 is 0 Å². The summed E-state index contributed by atoms with van der Waals surface area (Å²) < 4.78 is 0. The van der Waals surface area contributed by atoms with E-state index in [-0.39, 0.29) is 5.70 Å². The van der Waals surface area contributed by atoms with Crippen molar-refractivity contribution in [2.45, 2.75) is 103 Å². The van der Waals surface area contributed by atoms with Crippen LogP contribution in [0.3, 0.4) is 0 Å². The van der Waals surface area contributed by atoms with E-state index >= 15 is 0 Å². The average Bonchev–Trinajstić information content (AvgIpc) is 2.50. The van der Waals surface area contributed by atoms with Crippen LogP contribution in [0.1, 0.15) is 96.8 Å². The molecule has 1 atom stereocenters. The monoisotopic (exact) mass is 299 g/mol. The third-order valence-electron chi connectivity index (χ3n) is 4.11.